The van der Waals surface area contributed by atoms with Gasteiger partial charge in [0.15, 0.2) is 0 Å². The number of phenols is 1. The monoisotopic (exact) mass is 265 g/mol. The molecule has 1 aromatic heterocycles. The van der Waals surface area contributed by atoms with E-state index in [1.54, 1.807) is 12.1 Å². The van der Waals surface area contributed by atoms with Gasteiger partial charge < -0.3 is 9.67 Å². The highest BCUT2D eigenvalue weighted by molar-refractivity contribution is 6.02. The molecule has 4 nitrogen and oxygen atoms in total. The van der Waals surface area contributed by atoms with Crippen LogP contribution in [0.1, 0.15) is 12.5 Å². The molecular weight excluding hydrogens is 250 g/mol. The number of fused-ring (bicyclic) bond motifs is 1. The van der Waals surface area contributed by atoms with Crippen molar-refractivity contribution in [3.63, 3.8) is 0 Å². The van der Waals surface area contributed by atoms with E-state index in [0.29, 0.717) is 5.95 Å². The minimum atomic E-state index is 0.229. The van der Waals surface area contributed by atoms with E-state index in [2.05, 4.69) is 9.98 Å². The number of aromatic nitrogens is 2. The molecule has 0 radical (unpaired) electrons. The molecule has 0 fully saturated rings. The summed E-state index contributed by atoms with van der Waals surface area (Å²) in [6.07, 6.45) is 0. The Morgan fingerprint density at radius 1 is 1.10 bits per heavy atom. The Hall–Kier alpha value is -2.62. The van der Waals surface area contributed by atoms with E-state index in [-0.39, 0.29) is 5.75 Å². The molecule has 0 atom stereocenters. The third-order valence-electron chi connectivity index (χ3n) is 3.33. The summed E-state index contributed by atoms with van der Waals surface area (Å²) in [5.41, 5.74) is 3.41. The summed E-state index contributed by atoms with van der Waals surface area (Å²) in [5, 5.41) is 9.86. The van der Waals surface area contributed by atoms with Crippen molar-refractivity contribution >= 4 is 22.7 Å². The summed E-state index contributed by atoms with van der Waals surface area (Å²) in [7, 11) is 1.94. The number of aromatic hydroxyl groups is 1. The smallest absolute Gasteiger partial charge is 0.230 e. The molecule has 0 aliphatic carbocycles. The van der Waals surface area contributed by atoms with E-state index in [1.807, 2.05) is 54.9 Å². The van der Waals surface area contributed by atoms with E-state index in [4.69, 9.17) is 0 Å². The lowest BCUT2D eigenvalue weighted by atomic mass is 10.1. The van der Waals surface area contributed by atoms with Gasteiger partial charge in [-0.05, 0) is 31.2 Å². The highest BCUT2D eigenvalue weighted by Crippen LogP contribution is 2.22. The zero-order chi connectivity index (χ0) is 14.1. The van der Waals surface area contributed by atoms with Gasteiger partial charge in [0.25, 0.3) is 0 Å². The first kappa shape index (κ1) is 12.4. The topological polar surface area (TPSA) is 50.4 Å². The van der Waals surface area contributed by atoms with Gasteiger partial charge in [-0.15, -0.1) is 0 Å². The van der Waals surface area contributed by atoms with Crippen molar-refractivity contribution in [2.75, 3.05) is 0 Å². The van der Waals surface area contributed by atoms with Gasteiger partial charge in [0.1, 0.15) is 5.75 Å². The summed E-state index contributed by atoms with van der Waals surface area (Å²) >= 11 is 0. The molecule has 0 saturated heterocycles. The first-order valence-corrected chi connectivity index (χ1v) is 6.42. The number of imidazole rings is 1. The number of aryl methyl sites for hydroxylation is 1. The fourth-order valence-corrected chi connectivity index (χ4v) is 2.22. The van der Waals surface area contributed by atoms with Crippen molar-refractivity contribution in [3.8, 4) is 5.75 Å². The molecular formula is C16H15N3O. The van der Waals surface area contributed by atoms with Crippen molar-refractivity contribution in [2.45, 2.75) is 6.92 Å². The number of nitrogens with zero attached hydrogens (tertiary/aromatic N) is 3. The predicted molar refractivity (Wildman–Crippen MR) is 80.7 cm³/mol. The summed E-state index contributed by atoms with van der Waals surface area (Å²) in [6, 6.07) is 15.1. The van der Waals surface area contributed by atoms with Crippen LogP contribution in [0.25, 0.3) is 11.0 Å². The van der Waals surface area contributed by atoms with Crippen LogP contribution in [0, 0.1) is 0 Å². The van der Waals surface area contributed by atoms with Crippen molar-refractivity contribution in [3.05, 3.63) is 54.1 Å². The summed E-state index contributed by atoms with van der Waals surface area (Å²) < 4.78 is 1.94. The van der Waals surface area contributed by atoms with Crippen LogP contribution in [0.4, 0.5) is 5.95 Å². The van der Waals surface area contributed by atoms with Gasteiger partial charge >= 0.3 is 0 Å². The van der Waals surface area contributed by atoms with Gasteiger partial charge in [-0.1, -0.05) is 24.3 Å². The first-order chi connectivity index (χ1) is 9.66. The van der Waals surface area contributed by atoms with Crippen molar-refractivity contribution < 1.29 is 5.11 Å². The average molecular weight is 265 g/mol. The maximum atomic E-state index is 9.86. The highest BCUT2D eigenvalue weighted by Gasteiger charge is 2.08. The normalized spacial score (nSPS) is 12.0. The quantitative estimate of drug-likeness (QED) is 0.722. The Bertz CT molecular complexity index is 802. The SMILES string of the molecule is CC(=Nc1nc2ccccc2n1C)c1ccccc1O. The molecule has 0 saturated carbocycles. The number of benzene rings is 2. The van der Waals surface area contributed by atoms with Gasteiger partial charge in [-0.3, -0.25) is 0 Å². The molecule has 0 bridgehead atoms. The second-order valence-electron chi connectivity index (χ2n) is 4.67. The summed E-state index contributed by atoms with van der Waals surface area (Å²) in [6.45, 7) is 1.87. The zero-order valence-electron chi connectivity index (χ0n) is 11.4. The van der Waals surface area contributed by atoms with Crippen molar-refractivity contribution in [1.29, 1.82) is 0 Å². The summed E-state index contributed by atoms with van der Waals surface area (Å²) in [4.78, 5) is 9.04. The standard InChI is InChI=1S/C16H15N3O/c1-11(12-7-3-6-10-15(12)20)17-16-18-13-8-4-5-9-14(13)19(16)2/h3-10,20H,1-2H3. The Morgan fingerprint density at radius 3 is 2.55 bits per heavy atom. The van der Waals surface area contributed by atoms with Gasteiger partial charge in [0.2, 0.25) is 5.95 Å². The molecule has 0 amide bonds. The van der Waals surface area contributed by atoms with E-state index >= 15 is 0 Å². The molecule has 100 valence electrons. The molecule has 1 N–H and O–H groups in total. The fourth-order valence-electron chi connectivity index (χ4n) is 2.22. The maximum Gasteiger partial charge on any atom is 0.230 e. The highest BCUT2D eigenvalue weighted by atomic mass is 16.3. The summed E-state index contributed by atoms with van der Waals surface area (Å²) in [5.74, 6) is 0.861. The Morgan fingerprint density at radius 2 is 1.80 bits per heavy atom. The second kappa shape index (κ2) is 4.81. The predicted octanol–water partition coefficient (Wildman–Crippen LogP) is 3.42. The molecule has 0 unspecified atom stereocenters. The number of hydrogen-bond acceptors (Lipinski definition) is 3. The van der Waals surface area contributed by atoms with Gasteiger partial charge in [0, 0.05) is 12.6 Å². The van der Waals surface area contributed by atoms with E-state index in [0.717, 1.165) is 22.3 Å². The van der Waals surface area contributed by atoms with Crippen LogP contribution in [0.2, 0.25) is 0 Å². The van der Waals surface area contributed by atoms with Gasteiger partial charge in [0.05, 0.1) is 16.7 Å². The Kier molecular flexibility index (Phi) is 2.99. The van der Waals surface area contributed by atoms with Crippen molar-refractivity contribution in [2.24, 2.45) is 12.0 Å². The lowest BCUT2D eigenvalue weighted by Crippen LogP contribution is -1.96. The number of aliphatic imine (C=N–C) groups is 1. The molecule has 0 aliphatic heterocycles. The van der Waals surface area contributed by atoms with Crippen LogP contribution < -0.4 is 0 Å². The average Bonchev–Trinajstić information content (AvgIpc) is 2.76. The third-order valence-corrected chi connectivity index (χ3v) is 3.33. The van der Waals surface area contributed by atoms with Gasteiger partial charge in [-0.2, -0.15) is 0 Å². The number of para-hydroxylation sites is 3. The van der Waals surface area contributed by atoms with Crippen LogP contribution >= 0.6 is 0 Å². The first-order valence-electron chi connectivity index (χ1n) is 6.42. The van der Waals surface area contributed by atoms with Crippen LogP contribution in [-0.4, -0.2) is 20.4 Å². The largest absolute Gasteiger partial charge is 0.507 e. The van der Waals surface area contributed by atoms with Crippen LogP contribution in [0.15, 0.2) is 53.5 Å². The maximum absolute atomic E-state index is 9.86. The molecule has 0 aliphatic rings. The van der Waals surface area contributed by atoms with Crippen LogP contribution in [0.3, 0.4) is 0 Å². The zero-order valence-corrected chi connectivity index (χ0v) is 11.4. The van der Waals surface area contributed by atoms with Crippen LogP contribution in [-0.2, 0) is 7.05 Å². The van der Waals surface area contributed by atoms with E-state index < -0.39 is 0 Å². The fraction of sp³-hybridized carbons (Fsp3) is 0.125. The minimum absolute atomic E-state index is 0.229. The van der Waals surface area contributed by atoms with Gasteiger partial charge in [-0.25, -0.2) is 9.98 Å². The number of phenolic OH excluding ortho intramolecular Hbond substituents is 1. The Balaban J connectivity index is 2.10. The lowest BCUT2D eigenvalue weighted by molar-refractivity contribution is 0.474. The molecule has 0 spiro atoms. The molecule has 20 heavy (non-hydrogen) atoms. The van der Waals surface area contributed by atoms with Crippen molar-refractivity contribution in [1.82, 2.24) is 9.55 Å². The lowest BCUT2D eigenvalue weighted by Gasteiger charge is -2.03. The van der Waals surface area contributed by atoms with E-state index in [1.165, 1.54) is 0 Å². The van der Waals surface area contributed by atoms with Crippen LogP contribution in [0.5, 0.6) is 5.75 Å². The molecule has 3 rings (SSSR count). The minimum Gasteiger partial charge on any atom is -0.507 e. The Labute approximate surface area is 117 Å². The molecule has 3 aromatic rings. The molecule has 2 aromatic carbocycles. The third kappa shape index (κ3) is 2.05. The number of hydrogen-bond donors (Lipinski definition) is 1. The van der Waals surface area contributed by atoms with E-state index in [9.17, 15) is 5.11 Å². The molecule has 4 heteroatoms. The second-order valence-corrected chi connectivity index (χ2v) is 4.67. The number of rotatable bonds is 2. The molecule has 1 heterocycles.